The maximum atomic E-state index is 11.6. The van der Waals surface area contributed by atoms with E-state index in [1.807, 2.05) is 0 Å². The zero-order chi connectivity index (χ0) is 14.3. The molecule has 0 radical (unpaired) electrons. The second-order valence-corrected chi connectivity index (χ2v) is 5.04. The molecule has 0 saturated carbocycles. The molecule has 1 unspecified atom stereocenters. The lowest BCUT2D eigenvalue weighted by atomic mass is 10.0. The van der Waals surface area contributed by atoms with Gasteiger partial charge in [-0.05, 0) is 37.5 Å². The summed E-state index contributed by atoms with van der Waals surface area (Å²) in [4.78, 5) is 11.6. The van der Waals surface area contributed by atoms with E-state index in [1.165, 1.54) is 26.2 Å². The summed E-state index contributed by atoms with van der Waals surface area (Å²) in [5.41, 5.74) is 6.87. The van der Waals surface area contributed by atoms with Crippen LogP contribution in [0, 0.1) is 5.92 Å². The Balaban J connectivity index is 2.68. The first-order valence-electron chi connectivity index (χ1n) is 7.11. The van der Waals surface area contributed by atoms with Gasteiger partial charge in [-0.15, -0.1) is 0 Å². The van der Waals surface area contributed by atoms with Crippen LogP contribution in [-0.2, 0) is 0 Å². The van der Waals surface area contributed by atoms with Crippen LogP contribution in [0.25, 0.3) is 0 Å². The Labute approximate surface area is 116 Å². The van der Waals surface area contributed by atoms with Crippen molar-refractivity contribution in [2.45, 2.75) is 46.5 Å². The number of hydrogen-bond acceptors (Lipinski definition) is 3. The molecule has 0 amide bonds. The Morgan fingerprint density at radius 1 is 1.37 bits per heavy atom. The number of ether oxygens (including phenoxy) is 1. The van der Waals surface area contributed by atoms with Crippen molar-refractivity contribution >= 4 is 11.5 Å². The molecule has 1 rings (SSSR count). The van der Waals surface area contributed by atoms with Crippen LogP contribution in [0.3, 0.4) is 0 Å². The van der Waals surface area contributed by atoms with Crippen LogP contribution in [0.4, 0.5) is 5.69 Å². The van der Waals surface area contributed by atoms with E-state index in [-0.39, 0.29) is 5.78 Å². The van der Waals surface area contributed by atoms with Crippen molar-refractivity contribution in [1.82, 2.24) is 0 Å². The molecule has 106 valence electrons. The molecule has 0 heterocycles. The number of carbonyl (C=O) groups is 1. The van der Waals surface area contributed by atoms with Gasteiger partial charge in [-0.1, -0.05) is 33.1 Å². The van der Waals surface area contributed by atoms with Gasteiger partial charge in [0, 0.05) is 5.69 Å². The number of anilines is 1. The van der Waals surface area contributed by atoms with Crippen molar-refractivity contribution in [2.75, 3.05) is 12.3 Å². The summed E-state index contributed by atoms with van der Waals surface area (Å²) in [7, 11) is 0. The molecule has 3 heteroatoms. The van der Waals surface area contributed by atoms with Crippen molar-refractivity contribution in [3.05, 3.63) is 23.8 Å². The fourth-order valence-corrected chi connectivity index (χ4v) is 2.05. The van der Waals surface area contributed by atoms with Crippen LogP contribution in [0.15, 0.2) is 18.2 Å². The van der Waals surface area contributed by atoms with Crippen molar-refractivity contribution in [1.29, 1.82) is 0 Å². The van der Waals surface area contributed by atoms with Crippen LogP contribution in [0.5, 0.6) is 5.75 Å². The molecular formula is C16H25NO2. The molecule has 0 aliphatic rings. The predicted octanol–water partition coefficient (Wildman–Crippen LogP) is 4.07. The van der Waals surface area contributed by atoms with Gasteiger partial charge in [-0.2, -0.15) is 0 Å². The van der Waals surface area contributed by atoms with Crippen LogP contribution in [-0.4, -0.2) is 12.4 Å². The quantitative estimate of drug-likeness (QED) is 0.568. The Kier molecular flexibility index (Phi) is 6.40. The minimum atomic E-state index is -0.0103. The second kappa shape index (κ2) is 7.82. The maximum absolute atomic E-state index is 11.6. The average molecular weight is 263 g/mol. The first-order chi connectivity index (χ1) is 9.08. The summed E-state index contributed by atoms with van der Waals surface area (Å²) in [6.07, 6.45) is 4.71. The third kappa shape index (κ3) is 4.93. The molecule has 0 aromatic heterocycles. The molecule has 1 aromatic rings. The number of Topliss-reactive ketones (excluding diaryl/α,β-unsaturated/α-hetero) is 1. The second-order valence-electron chi connectivity index (χ2n) is 5.04. The van der Waals surface area contributed by atoms with Crippen LogP contribution in [0.1, 0.15) is 56.8 Å². The predicted molar refractivity (Wildman–Crippen MR) is 79.7 cm³/mol. The molecule has 0 aliphatic carbocycles. The topological polar surface area (TPSA) is 52.3 Å². The molecule has 0 saturated heterocycles. The van der Waals surface area contributed by atoms with Gasteiger partial charge < -0.3 is 10.5 Å². The number of ketones is 1. The molecule has 3 nitrogen and oxygen atoms in total. The lowest BCUT2D eigenvalue weighted by molar-refractivity contribution is 0.101. The number of rotatable bonds is 8. The number of nitrogens with two attached hydrogens (primary N) is 1. The molecule has 19 heavy (non-hydrogen) atoms. The Bertz CT molecular complexity index is 415. The van der Waals surface area contributed by atoms with Gasteiger partial charge in [-0.3, -0.25) is 4.79 Å². The number of hydrogen-bond donors (Lipinski definition) is 1. The van der Waals surface area contributed by atoms with Crippen molar-refractivity contribution in [3.63, 3.8) is 0 Å². The Morgan fingerprint density at radius 3 is 2.68 bits per heavy atom. The molecule has 0 fully saturated rings. The summed E-state index contributed by atoms with van der Waals surface area (Å²) in [6.45, 7) is 6.58. The smallest absolute Gasteiger partial charge is 0.163 e. The van der Waals surface area contributed by atoms with Gasteiger partial charge in [0.15, 0.2) is 5.78 Å². The van der Waals surface area contributed by atoms with Crippen molar-refractivity contribution in [2.24, 2.45) is 5.92 Å². The summed E-state index contributed by atoms with van der Waals surface area (Å²) >= 11 is 0. The molecule has 1 atom stereocenters. The van der Waals surface area contributed by atoms with Crippen LogP contribution < -0.4 is 10.5 Å². The molecule has 1 aromatic carbocycles. The zero-order valence-corrected chi connectivity index (χ0v) is 12.2. The highest BCUT2D eigenvalue weighted by atomic mass is 16.5. The van der Waals surface area contributed by atoms with Crippen molar-refractivity contribution in [3.8, 4) is 5.75 Å². The third-order valence-corrected chi connectivity index (χ3v) is 3.40. The molecular weight excluding hydrogens is 238 g/mol. The van der Waals surface area contributed by atoms with Gasteiger partial charge in [0.05, 0.1) is 12.2 Å². The summed E-state index contributed by atoms with van der Waals surface area (Å²) in [5, 5.41) is 0. The van der Waals surface area contributed by atoms with Gasteiger partial charge in [-0.25, -0.2) is 0 Å². The molecule has 0 spiro atoms. The number of unbranched alkanes of at least 4 members (excludes halogenated alkanes) is 1. The van der Waals surface area contributed by atoms with Gasteiger partial charge in [0.1, 0.15) is 5.75 Å². The lowest BCUT2D eigenvalue weighted by Gasteiger charge is -2.17. The van der Waals surface area contributed by atoms with Crippen LogP contribution in [0.2, 0.25) is 0 Å². The third-order valence-electron chi connectivity index (χ3n) is 3.40. The molecule has 2 N–H and O–H groups in total. The van der Waals surface area contributed by atoms with E-state index in [1.54, 1.807) is 18.2 Å². The van der Waals surface area contributed by atoms with Crippen LogP contribution >= 0.6 is 0 Å². The van der Waals surface area contributed by atoms with E-state index in [4.69, 9.17) is 10.5 Å². The van der Waals surface area contributed by atoms with Gasteiger partial charge in [0.25, 0.3) is 0 Å². The summed E-state index contributed by atoms with van der Waals surface area (Å²) < 4.78 is 5.83. The Hall–Kier alpha value is -1.51. The Morgan fingerprint density at radius 2 is 2.11 bits per heavy atom. The highest BCUT2D eigenvalue weighted by Crippen LogP contribution is 2.23. The van der Waals surface area contributed by atoms with E-state index in [0.29, 0.717) is 29.5 Å². The zero-order valence-electron chi connectivity index (χ0n) is 12.2. The largest absolute Gasteiger partial charge is 0.493 e. The van der Waals surface area contributed by atoms with E-state index in [2.05, 4.69) is 13.8 Å². The van der Waals surface area contributed by atoms with E-state index in [9.17, 15) is 4.79 Å². The minimum Gasteiger partial charge on any atom is -0.493 e. The number of nitrogen functional groups attached to an aromatic ring is 1. The maximum Gasteiger partial charge on any atom is 0.163 e. The van der Waals surface area contributed by atoms with Gasteiger partial charge in [0.2, 0.25) is 0 Å². The molecule has 0 bridgehead atoms. The first-order valence-corrected chi connectivity index (χ1v) is 7.11. The monoisotopic (exact) mass is 263 g/mol. The fraction of sp³-hybridized carbons (Fsp3) is 0.562. The van der Waals surface area contributed by atoms with E-state index < -0.39 is 0 Å². The minimum absolute atomic E-state index is 0.0103. The molecule has 0 aliphatic heterocycles. The van der Waals surface area contributed by atoms with Crippen molar-refractivity contribution < 1.29 is 9.53 Å². The highest BCUT2D eigenvalue weighted by molar-refractivity contribution is 5.97. The number of benzene rings is 1. The summed E-state index contributed by atoms with van der Waals surface area (Å²) in [6, 6.07) is 5.25. The average Bonchev–Trinajstić information content (AvgIpc) is 2.40. The SMILES string of the molecule is CCCCC(CC)COc1ccc(N)cc1C(C)=O. The summed E-state index contributed by atoms with van der Waals surface area (Å²) in [5.74, 6) is 1.19. The highest BCUT2D eigenvalue weighted by Gasteiger charge is 2.12. The number of carbonyl (C=O) groups excluding carboxylic acids is 1. The van der Waals surface area contributed by atoms with E-state index in [0.717, 1.165) is 6.42 Å². The standard InChI is InChI=1S/C16H25NO2/c1-4-6-7-13(5-2)11-19-16-9-8-14(17)10-15(16)12(3)18/h8-10,13H,4-7,11,17H2,1-3H3. The van der Waals surface area contributed by atoms with E-state index >= 15 is 0 Å². The normalized spacial score (nSPS) is 12.2. The fourth-order valence-electron chi connectivity index (χ4n) is 2.05. The van der Waals surface area contributed by atoms with Gasteiger partial charge >= 0.3 is 0 Å². The lowest BCUT2D eigenvalue weighted by Crippen LogP contribution is -2.13. The first kappa shape index (κ1) is 15.5.